The summed E-state index contributed by atoms with van der Waals surface area (Å²) >= 11 is 0. The number of rotatable bonds is 6. The second-order valence-electron chi connectivity index (χ2n) is 6.32. The number of ether oxygens (including phenoxy) is 2. The van der Waals surface area contributed by atoms with E-state index in [0.29, 0.717) is 24.5 Å². The predicted octanol–water partition coefficient (Wildman–Crippen LogP) is 1.38. The van der Waals surface area contributed by atoms with Crippen LogP contribution >= 0.6 is 0 Å². The van der Waals surface area contributed by atoms with E-state index >= 15 is 0 Å². The second kappa shape index (κ2) is 8.68. The number of nitrogens with one attached hydrogen (secondary N) is 1. The van der Waals surface area contributed by atoms with Crippen LogP contribution in [0, 0.1) is 0 Å². The van der Waals surface area contributed by atoms with E-state index < -0.39 is 0 Å². The largest absolute Gasteiger partial charge is 0.481 e. The highest BCUT2D eigenvalue weighted by Gasteiger charge is 2.21. The van der Waals surface area contributed by atoms with E-state index in [4.69, 9.17) is 9.47 Å². The zero-order valence-corrected chi connectivity index (χ0v) is 15.5. The molecular weight excluding hydrogens is 348 g/mol. The molecule has 1 fully saturated rings. The van der Waals surface area contributed by atoms with Gasteiger partial charge in [0.25, 0.3) is 5.91 Å². The lowest BCUT2D eigenvalue weighted by Crippen LogP contribution is -2.39. The third-order valence-electron chi connectivity index (χ3n) is 4.48. The van der Waals surface area contributed by atoms with Gasteiger partial charge >= 0.3 is 0 Å². The van der Waals surface area contributed by atoms with Crippen LogP contribution in [0.25, 0.3) is 0 Å². The molecule has 1 aliphatic rings. The molecule has 2 aromatic rings. The van der Waals surface area contributed by atoms with Crippen LogP contribution in [-0.2, 0) is 6.54 Å². The van der Waals surface area contributed by atoms with Crippen LogP contribution in [-0.4, -0.2) is 54.4 Å². The Morgan fingerprint density at radius 3 is 2.93 bits per heavy atom. The van der Waals surface area contributed by atoms with Crippen molar-refractivity contribution in [3.63, 3.8) is 0 Å². The summed E-state index contributed by atoms with van der Waals surface area (Å²) in [6.45, 7) is 1.70. The fraction of sp³-hybridized carbons (Fsp3) is 0.421. The first kappa shape index (κ1) is 18.9. The normalized spacial score (nSPS) is 16.7. The summed E-state index contributed by atoms with van der Waals surface area (Å²) in [5.74, 6) is 1.07. The molecule has 144 valence electrons. The number of piperidine rings is 1. The van der Waals surface area contributed by atoms with E-state index in [0.717, 1.165) is 30.8 Å². The van der Waals surface area contributed by atoms with Gasteiger partial charge in [-0.25, -0.2) is 4.98 Å². The third-order valence-corrected chi connectivity index (χ3v) is 4.48. The highest BCUT2D eigenvalue weighted by molar-refractivity contribution is 5.96. The number of amides is 1. The number of β-amino-alcohol motifs (C(OH)–C–C–N with tert-alkyl or cyclic N) is 1. The van der Waals surface area contributed by atoms with E-state index in [1.165, 1.54) is 14.2 Å². The summed E-state index contributed by atoms with van der Waals surface area (Å²) in [4.78, 5) is 23.2. The Hall–Kier alpha value is -2.87. The molecule has 1 atom stereocenters. The van der Waals surface area contributed by atoms with E-state index in [1.54, 1.807) is 18.3 Å². The van der Waals surface area contributed by atoms with Crippen molar-refractivity contribution in [3.8, 4) is 11.8 Å². The zero-order valence-electron chi connectivity index (χ0n) is 15.5. The van der Waals surface area contributed by atoms with Crippen molar-refractivity contribution in [2.45, 2.75) is 25.5 Å². The predicted molar refractivity (Wildman–Crippen MR) is 100 cm³/mol. The maximum Gasteiger partial charge on any atom is 0.257 e. The van der Waals surface area contributed by atoms with Gasteiger partial charge in [-0.05, 0) is 25.0 Å². The van der Waals surface area contributed by atoms with E-state index in [-0.39, 0.29) is 17.9 Å². The van der Waals surface area contributed by atoms with Crippen molar-refractivity contribution in [2.24, 2.45) is 0 Å². The third kappa shape index (κ3) is 4.46. The number of aliphatic hydroxyl groups excluding tert-OH is 1. The molecule has 0 bridgehead atoms. The maximum atomic E-state index is 12.6. The Labute approximate surface area is 158 Å². The fourth-order valence-electron chi connectivity index (χ4n) is 3.14. The number of hydrogen-bond donors (Lipinski definition) is 2. The monoisotopic (exact) mass is 372 g/mol. The van der Waals surface area contributed by atoms with Crippen LogP contribution < -0.4 is 19.7 Å². The Morgan fingerprint density at radius 2 is 2.19 bits per heavy atom. The smallest absolute Gasteiger partial charge is 0.257 e. The number of nitrogens with zero attached hydrogens (tertiary/aromatic N) is 3. The second-order valence-corrected chi connectivity index (χ2v) is 6.32. The molecule has 0 saturated carbocycles. The summed E-state index contributed by atoms with van der Waals surface area (Å²) < 4.78 is 10.2. The minimum Gasteiger partial charge on any atom is -0.481 e. The van der Waals surface area contributed by atoms with Crippen LogP contribution in [0.4, 0.5) is 5.82 Å². The molecule has 1 amide bonds. The topological polar surface area (TPSA) is 96.8 Å². The van der Waals surface area contributed by atoms with Crippen molar-refractivity contribution in [2.75, 3.05) is 32.2 Å². The summed E-state index contributed by atoms with van der Waals surface area (Å²) in [7, 11) is 2.96. The lowest BCUT2D eigenvalue weighted by molar-refractivity contribution is 0.0947. The highest BCUT2D eigenvalue weighted by atomic mass is 16.5. The molecule has 8 nitrogen and oxygen atoms in total. The zero-order chi connectivity index (χ0) is 19.2. The molecule has 0 spiro atoms. The van der Waals surface area contributed by atoms with Crippen molar-refractivity contribution < 1.29 is 19.4 Å². The van der Waals surface area contributed by atoms with Crippen molar-refractivity contribution in [3.05, 3.63) is 41.6 Å². The fourth-order valence-corrected chi connectivity index (χ4v) is 3.14. The number of methoxy groups -OCH3 is 2. The van der Waals surface area contributed by atoms with Gasteiger partial charge in [-0.3, -0.25) is 4.79 Å². The first-order chi connectivity index (χ1) is 13.1. The average Bonchev–Trinajstić information content (AvgIpc) is 2.71. The average molecular weight is 372 g/mol. The number of hydrogen-bond acceptors (Lipinski definition) is 7. The van der Waals surface area contributed by atoms with E-state index in [1.807, 2.05) is 12.1 Å². The lowest BCUT2D eigenvalue weighted by Gasteiger charge is -2.32. The minimum atomic E-state index is -0.349. The summed E-state index contributed by atoms with van der Waals surface area (Å²) in [6.07, 6.45) is 3.09. The van der Waals surface area contributed by atoms with Crippen LogP contribution in [0.1, 0.15) is 28.8 Å². The Bertz CT molecular complexity index is 799. The Balaban J connectivity index is 1.73. The molecule has 2 aromatic heterocycles. The van der Waals surface area contributed by atoms with E-state index in [9.17, 15) is 9.90 Å². The van der Waals surface area contributed by atoms with Gasteiger partial charge in [0, 0.05) is 37.5 Å². The molecule has 1 aliphatic heterocycles. The van der Waals surface area contributed by atoms with Gasteiger partial charge in [0.15, 0.2) is 0 Å². The highest BCUT2D eigenvalue weighted by Crippen LogP contribution is 2.23. The van der Waals surface area contributed by atoms with Gasteiger partial charge in [-0.1, -0.05) is 6.07 Å². The quantitative estimate of drug-likeness (QED) is 0.791. The first-order valence-corrected chi connectivity index (χ1v) is 8.86. The first-order valence-electron chi connectivity index (χ1n) is 8.86. The summed E-state index contributed by atoms with van der Waals surface area (Å²) in [5, 5.41) is 12.8. The van der Waals surface area contributed by atoms with Crippen LogP contribution in [0.2, 0.25) is 0 Å². The molecule has 1 saturated heterocycles. The summed E-state index contributed by atoms with van der Waals surface area (Å²) in [5.41, 5.74) is 1.22. The van der Waals surface area contributed by atoms with Crippen molar-refractivity contribution in [1.82, 2.24) is 15.3 Å². The van der Waals surface area contributed by atoms with Crippen molar-refractivity contribution >= 4 is 11.7 Å². The van der Waals surface area contributed by atoms with Gasteiger partial charge in [0.1, 0.15) is 11.4 Å². The molecule has 2 N–H and O–H groups in total. The minimum absolute atomic E-state index is 0.206. The Morgan fingerprint density at radius 1 is 1.33 bits per heavy atom. The van der Waals surface area contributed by atoms with Gasteiger partial charge in [-0.2, -0.15) is 4.98 Å². The SMILES string of the molecule is COc1ccc(C(=O)NCc2cccnc2N2CCCC(O)C2)c(OC)n1. The van der Waals surface area contributed by atoms with Crippen LogP contribution in [0.5, 0.6) is 11.8 Å². The molecular formula is C19H24N4O4. The summed E-state index contributed by atoms with van der Waals surface area (Å²) in [6, 6.07) is 6.99. The van der Waals surface area contributed by atoms with Gasteiger partial charge in [0.2, 0.25) is 11.8 Å². The van der Waals surface area contributed by atoms with Gasteiger partial charge < -0.3 is 24.8 Å². The Kier molecular flexibility index (Phi) is 6.08. The van der Waals surface area contributed by atoms with Crippen LogP contribution in [0.3, 0.4) is 0 Å². The molecule has 1 unspecified atom stereocenters. The van der Waals surface area contributed by atoms with E-state index in [2.05, 4.69) is 20.2 Å². The number of anilines is 1. The standard InChI is InChI=1S/C19H24N4O4/c1-26-16-8-7-15(19(22-16)27-2)18(25)21-11-13-5-3-9-20-17(13)23-10-4-6-14(24)12-23/h3,5,7-9,14,24H,4,6,10-12H2,1-2H3,(H,21,25). The van der Waals surface area contributed by atoms with Gasteiger partial charge in [0.05, 0.1) is 20.3 Å². The number of carbonyl (C=O) groups excluding carboxylic acids is 1. The number of carbonyl (C=O) groups is 1. The van der Waals surface area contributed by atoms with Crippen LogP contribution in [0.15, 0.2) is 30.5 Å². The van der Waals surface area contributed by atoms with Crippen molar-refractivity contribution in [1.29, 1.82) is 0 Å². The molecule has 0 aromatic carbocycles. The molecule has 0 aliphatic carbocycles. The number of aromatic nitrogens is 2. The molecule has 3 heterocycles. The van der Waals surface area contributed by atoms with Gasteiger partial charge in [-0.15, -0.1) is 0 Å². The molecule has 3 rings (SSSR count). The maximum absolute atomic E-state index is 12.6. The number of aliphatic hydroxyl groups is 1. The molecule has 8 heteroatoms. The lowest BCUT2D eigenvalue weighted by atomic mass is 10.1. The number of pyridine rings is 2. The molecule has 27 heavy (non-hydrogen) atoms. The molecule has 0 radical (unpaired) electrons.